The summed E-state index contributed by atoms with van der Waals surface area (Å²) in [5.41, 5.74) is 12.9. The molecule has 5 atom stereocenters. The van der Waals surface area contributed by atoms with Crippen LogP contribution in [-0.4, -0.2) is 143 Å². The van der Waals surface area contributed by atoms with Gasteiger partial charge in [-0.05, 0) is 50.3 Å². The van der Waals surface area contributed by atoms with E-state index in [4.69, 9.17) is 16.6 Å². The minimum absolute atomic E-state index is 0.00660. The highest BCUT2D eigenvalue weighted by atomic mass is 16.4. The number of nitrogens with two attached hydrogens (primary N) is 2. The van der Waals surface area contributed by atoms with Gasteiger partial charge in [-0.1, -0.05) is 50.7 Å². The number of imide groups is 1. The Labute approximate surface area is 376 Å². The maximum absolute atomic E-state index is 13.8. The molecule has 2 aromatic rings. The van der Waals surface area contributed by atoms with Crippen LogP contribution in [0.1, 0.15) is 117 Å². The Morgan fingerprint density at radius 1 is 0.708 bits per heavy atom. The van der Waals surface area contributed by atoms with Crippen LogP contribution in [-0.2, 0) is 33.6 Å². The molecule has 21 nitrogen and oxygen atoms in total. The topological polar surface area (TPSA) is 307 Å². The van der Waals surface area contributed by atoms with E-state index in [9.17, 15) is 48.3 Å². The average molecular weight is 907 g/mol. The van der Waals surface area contributed by atoms with Gasteiger partial charge >= 0.3 is 11.9 Å². The molecule has 3 aliphatic heterocycles. The summed E-state index contributed by atoms with van der Waals surface area (Å²) in [6.07, 6.45) is 6.99. The largest absolute Gasteiger partial charge is 0.481 e. The van der Waals surface area contributed by atoms with Crippen LogP contribution < -0.4 is 37.6 Å². The van der Waals surface area contributed by atoms with Crippen molar-refractivity contribution in [3.05, 3.63) is 41.5 Å². The summed E-state index contributed by atoms with van der Waals surface area (Å²) in [5.74, 6) is -6.10. The third kappa shape index (κ3) is 13.4. The Hall–Kier alpha value is -6.19. The SMILES string of the molecule is CN(C)c1ccc2c3c(cccc13)C(=O)N(CC[C@@H](NC(=O)[C@@H](N)C1N3C(CNC(=O)CCCCCCCCCCC(N)=O)N13)C(=O)NCC[C@@H](NC(=O)CCCC(=O)O)C(=O)O)C2=O. The van der Waals surface area contributed by atoms with Crippen LogP contribution in [0.5, 0.6) is 0 Å². The molecule has 7 amide bonds. The molecule has 3 aliphatic rings. The van der Waals surface area contributed by atoms with Gasteiger partial charge in [0.15, 0.2) is 0 Å². The first-order chi connectivity index (χ1) is 31.0. The summed E-state index contributed by atoms with van der Waals surface area (Å²) in [5, 5.41) is 33.9. The summed E-state index contributed by atoms with van der Waals surface area (Å²) in [6.45, 7) is -0.192. The molecule has 10 N–H and O–H groups in total. The van der Waals surface area contributed by atoms with Gasteiger partial charge in [-0.25, -0.2) is 4.79 Å². The second kappa shape index (κ2) is 23.1. The molecule has 2 saturated heterocycles. The summed E-state index contributed by atoms with van der Waals surface area (Å²) in [6, 6.07) is 4.73. The quantitative estimate of drug-likeness (QED) is 0.0305. The molecule has 0 aliphatic carbocycles. The van der Waals surface area contributed by atoms with Crippen molar-refractivity contribution < 1.29 is 53.4 Å². The Bertz CT molecular complexity index is 2100. The standard InChI is InChI=1S/C44H62N10O11/c1-51(2)31-20-19-28-37-26(31)13-11-14-27(37)42(62)52(43(28)63)24-22-29(39(60)47-23-21-30(44(64)65)49-34(57)17-12-18-36(58)59)50-40(61)38(46)41-53-35(54(41)53)25-48-33(56)16-10-8-6-4-3-5-7-9-15-32(45)55/h11,13-14,19-20,29-30,35,38,41H,3-10,12,15-18,21-25,46H2,1-2H3,(H2,45,55)(H,47,60)(H,48,56)(H,49,57)(H,50,61)(H,58,59)(H,64,65)/t29-,30-,35?,38-,41?,53?,54?/m1/s1. The number of unbranched alkanes of at least 4 members (excludes halogenated alkanes) is 7. The zero-order chi connectivity index (χ0) is 47.4. The van der Waals surface area contributed by atoms with Gasteiger partial charge in [0, 0.05) is 87.0 Å². The molecule has 65 heavy (non-hydrogen) atoms. The van der Waals surface area contributed by atoms with E-state index in [1.807, 2.05) is 35.1 Å². The minimum Gasteiger partial charge on any atom is -0.481 e. The molecule has 2 fully saturated rings. The Balaban J connectivity index is 1.13. The summed E-state index contributed by atoms with van der Waals surface area (Å²) < 4.78 is 0. The highest BCUT2D eigenvalue weighted by Crippen LogP contribution is 2.49. The number of rotatable bonds is 30. The van der Waals surface area contributed by atoms with Crippen LogP contribution in [0, 0.1) is 0 Å². The Morgan fingerprint density at radius 2 is 1.32 bits per heavy atom. The van der Waals surface area contributed by atoms with Crippen molar-refractivity contribution >= 4 is 69.7 Å². The molecule has 2 aromatic carbocycles. The molecule has 0 spiro atoms. The molecule has 3 heterocycles. The minimum atomic E-state index is -1.41. The molecule has 0 bridgehead atoms. The van der Waals surface area contributed by atoms with Gasteiger partial charge in [0.05, 0.1) is 0 Å². The van der Waals surface area contributed by atoms with Gasteiger partial charge in [-0.15, -0.1) is 0 Å². The number of anilines is 1. The smallest absolute Gasteiger partial charge is 0.326 e. The summed E-state index contributed by atoms with van der Waals surface area (Å²) in [4.78, 5) is 116. The molecule has 0 aromatic heterocycles. The van der Waals surface area contributed by atoms with Crippen molar-refractivity contribution in [3.8, 4) is 0 Å². The molecule has 2 unspecified atom stereocenters. The van der Waals surface area contributed by atoms with Gasteiger partial charge in [0.1, 0.15) is 30.5 Å². The van der Waals surface area contributed by atoms with E-state index in [0.717, 1.165) is 67.3 Å². The number of carboxylic acid groups (broad SMARTS) is 2. The lowest BCUT2D eigenvalue weighted by atomic mass is 9.92. The molecule has 354 valence electrons. The number of carbonyl (C=O) groups is 9. The van der Waals surface area contributed by atoms with Crippen LogP contribution in [0.15, 0.2) is 30.3 Å². The first kappa shape index (κ1) is 49.8. The Morgan fingerprint density at radius 3 is 1.94 bits per heavy atom. The van der Waals surface area contributed by atoms with Crippen molar-refractivity contribution in [2.24, 2.45) is 11.5 Å². The number of benzene rings is 2. The molecular weight excluding hydrogens is 845 g/mol. The number of hydrazine groups is 1. The highest BCUT2D eigenvalue weighted by molar-refractivity contribution is 6.26. The van der Waals surface area contributed by atoms with Gasteiger partial charge in [0.2, 0.25) is 29.5 Å². The first-order valence-electron chi connectivity index (χ1n) is 22.3. The predicted molar refractivity (Wildman–Crippen MR) is 236 cm³/mol. The van der Waals surface area contributed by atoms with E-state index in [1.165, 1.54) is 0 Å². The van der Waals surface area contributed by atoms with Crippen LogP contribution in [0.2, 0.25) is 0 Å². The van der Waals surface area contributed by atoms with Crippen molar-refractivity contribution in [2.45, 2.75) is 127 Å². The summed E-state index contributed by atoms with van der Waals surface area (Å²) in [7, 11) is 3.70. The lowest BCUT2D eigenvalue weighted by Crippen LogP contribution is -2.56. The third-order valence-corrected chi connectivity index (χ3v) is 11.9. The number of hydrogen-bond donors (Lipinski definition) is 8. The zero-order valence-corrected chi connectivity index (χ0v) is 37.0. The fraction of sp³-hybridized carbons (Fsp3) is 0.568. The number of carbonyl (C=O) groups excluding carboxylic acids is 7. The normalized spacial score (nSPS) is 19.3. The number of primary amides is 1. The fourth-order valence-corrected chi connectivity index (χ4v) is 8.23. The predicted octanol–water partition coefficient (Wildman–Crippen LogP) is 0.736. The average Bonchev–Trinajstić information content (AvgIpc) is 4.17. The van der Waals surface area contributed by atoms with Gasteiger partial charge in [-0.2, -0.15) is 10.0 Å². The van der Waals surface area contributed by atoms with E-state index in [0.29, 0.717) is 35.9 Å². The number of aliphatic carboxylic acids is 2. The third-order valence-electron chi connectivity index (χ3n) is 11.9. The number of fused-ring (bicyclic) bond motifs is 1. The second-order valence-corrected chi connectivity index (χ2v) is 16.9. The van der Waals surface area contributed by atoms with Crippen LogP contribution in [0.25, 0.3) is 10.8 Å². The second-order valence-electron chi connectivity index (χ2n) is 16.9. The van der Waals surface area contributed by atoms with Crippen molar-refractivity contribution in [3.63, 3.8) is 0 Å². The number of amides is 7. The van der Waals surface area contributed by atoms with E-state index >= 15 is 0 Å². The monoisotopic (exact) mass is 906 g/mol. The highest BCUT2D eigenvalue weighted by Gasteiger charge is 2.72. The lowest BCUT2D eigenvalue weighted by molar-refractivity contribution is -0.142. The number of nitrogens with one attached hydrogen (secondary N) is 4. The lowest BCUT2D eigenvalue weighted by Gasteiger charge is -2.30. The molecule has 5 rings (SSSR count). The first-order valence-corrected chi connectivity index (χ1v) is 22.3. The van der Waals surface area contributed by atoms with E-state index in [1.54, 1.807) is 24.3 Å². The van der Waals surface area contributed by atoms with Gasteiger partial charge in [0.25, 0.3) is 11.8 Å². The van der Waals surface area contributed by atoms with Crippen LogP contribution in [0.3, 0.4) is 0 Å². The van der Waals surface area contributed by atoms with E-state index in [2.05, 4.69) is 21.3 Å². The number of hydrogen-bond acceptors (Lipinski definition) is 13. The van der Waals surface area contributed by atoms with Crippen molar-refractivity contribution in [1.82, 2.24) is 36.2 Å². The zero-order valence-electron chi connectivity index (χ0n) is 37.0. The van der Waals surface area contributed by atoms with Crippen molar-refractivity contribution in [2.75, 3.05) is 38.6 Å². The number of carboxylic acids is 2. The summed E-state index contributed by atoms with van der Waals surface area (Å²) >= 11 is 0. The molecular formula is C44H62N10O11. The van der Waals surface area contributed by atoms with Gasteiger partial charge < -0.3 is 47.8 Å². The molecule has 0 radical (unpaired) electrons. The number of nitrogens with zero attached hydrogens (tertiary/aromatic N) is 4. The molecule has 21 heteroatoms. The van der Waals surface area contributed by atoms with E-state index in [-0.39, 0.29) is 63.2 Å². The van der Waals surface area contributed by atoms with Gasteiger partial charge in [-0.3, -0.25) is 43.3 Å². The van der Waals surface area contributed by atoms with Crippen LogP contribution in [0.4, 0.5) is 5.69 Å². The molecule has 0 saturated carbocycles. The maximum Gasteiger partial charge on any atom is 0.326 e. The fourth-order valence-electron chi connectivity index (χ4n) is 8.23. The Kier molecular flexibility index (Phi) is 17.7. The van der Waals surface area contributed by atoms with Crippen molar-refractivity contribution in [1.29, 1.82) is 0 Å². The van der Waals surface area contributed by atoms with Crippen LogP contribution >= 0.6 is 0 Å². The van der Waals surface area contributed by atoms with E-state index < -0.39 is 65.8 Å². The maximum atomic E-state index is 13.8.